The molecule has 4 nitrogen and oxygen atoms in total. The van der Waals surface area contributed by atoms with Gasteiger partial charge in [0.15, 0.2) is 0 Å². The van der Waals surface area contributed by atoms with Crippen molar-refractivity contribution in [3.8, 4) is 0 Å². The van der Waals surface area contributed by atoms with E-state index >= 15 is 0 Å². The van der Waals surface area contributed by atoms with E-state index in [1.807, 2.05) is 0 Å². The van der Waals surface area contributed by atoms with Crippen LogP contribution in [0.25, 0.3) is 0 Å². The van der Waals surface area contributed by atoms with Crippen LogP contribution in [0.3, 0.4) is 0 Å². The number of hydrogen-bond acceptors (Lipinski definition) is 4. The summed E-state index contributed by atoms with van der Waals surface area (Å²) in [7, 11) is 1.34. The SMILES string of the molecule is COC(=O)C(N)COC1CCC(C)CC1. The van der Waals surface area contributed by atoms with Gasteiger partial charge in [0.1, 0.15) is 6.04 Å². The van der Waals surface area contributed by atoms with Gasteiger partial charge in [0.25, 0.3) is 0 Å². The number of nitrogens with two attached hydrogens (primary N) is 1. The zero-order chi connectivity index (χ0) is 11.3. The van der Waals surface area contributed by atoms with Gasteiger partial charge in [-0.2, -0.15) is 0 Å². The van der Waals surface area contributed by atoms with Crippen LogP contribution in [-0.4, -0.2) is 31.8 Å². The first-order chi connectivity index (χ1) is 7.13. The third kappa shape index (κ3) is 4.18. The van der Waals surface area contributed by atoms with Crippen molar-refractivity contribution < 1.29 is 14.3 Å². The summed E-state index contributed by atoms with van der Waals surface area (Å²) >= 11 is 0. The summed E-state index contributed by atoms with van der Waals surface area (Å²) in [6, 6.07) is -0.644. The Morgan fingerprint density at radius 2 is 2.00 bits per heavy atom. The van der Waals surface area contributed by atoms with Crippen molar-refractivity contribution in [3.63, 3.8) is 0 Å². The van der Waals surface area contributed by atoms with Crippen molar-refractivity contribution in [2.24, 2.45) is 11.7 Å². The van der Waals surface area contributed by atoms with Gasteiger partial charge in [0.2, 0.25) is 0 Å². The van der Waals surface area contributed by atoms with Crippen LogP contribution in [0.5, 0.6) is 0 Å². The van der Waals surface area contributed by atoms with Crippen LogP contribution in [0.15, 0.2) is 0 Å². The van der Waals surface area contributed by atoms with Crippen LogP contribution in [0, 0.1) is 5.92 Å². The van der Waals surface area contributed by atoms with Crippen LogP contribution in [0.1, 0.15) is 32.6 Å². The second kappa shape index (κ2) is 6.08. The molecule has 0 amide bonds. The van der Waals surface area contributed by atoms with Gasteiger partial charge in [-0.3, -0.25) is 4.79 Å². The summed E-state index contributed by atoms with van der Waals surface area (Å²) in [5, 5.41) is 0. The monoisotopic (exact) mass is 215 g/mol. The second-order valence-corrected chi connectivity index (χ2v) is 4.34. The molecule has 4 heteroatoms. The van der Waals surface area contributed by atoms with Gasteiger partial charge in [0, 0.05) is 0 Å². The molecule has 0 aliphatic heterocycles. The molecule has 88 valence electrons. The topological polar surface area (TPSA) is 61.5 Å². The Labute approximate surface area is 91.1 Å². The summed E-state index contributed by atoms with van der Waals surface area (Å²) in [5.74, 6) is 0.401. The fraction of sp³-hybridized carbons (Fsp3) is 0.909. The molecule has 15 heavy (non-hydrogen) atoms. The fourth-order valence-corrected chi connectivity index (χ4v) is 1.86. The minimum Gasteiger partial charge on any atom is -0.468 e. The molecule has 0 radical (unpaired) electrons. The maximum Gasteiger partial charge on any atom is 0.325 e. The van der Waals surface area contributed by atoms with Gasteiger partial charge in [-0.25, -0.2) is 0 Å². The molecule has 0 heterocycles. The fourth-order valence-electron chi connectivity index (χ4n) is 1.86. The Morgan fingerprint density at radius 3 is 2.53 bits per heavy atom. The standard InChI is InChI=1S/C11H21NO3/c1-8-3-5-9(6-4-8)15-7-10(12)11(13)14-2/h8-10H,3-7,12H2,1-2H3. The van der Waals surface area contributed by atoms with E-state index in [9.17, 15) is 4.79 Å². The number of ether oxygens (including phenoxy) is 2. The average Bonchev–Trinajstić information content (AvgIpc) is 2.26. The van der Waals surface area contributed by atoms with E-state index in [1.165, 1.54) is 20.0 Å². The predicted molar refractivity (Wildman–Crippen MR) is 57.4 cm³/mol. The molecular formula is C11H21NO3. The number of esters is 1. The van der Waals surface area contributed by atoms with E-state index in [4.69, 9.17) is 10.5 Å². The highest BCUT2D eigenvalue weighted by molar-refractivity contribution is 5.75. The van der Waals surface area contributed by atoms with Crippen LogP contribution in [0.2, 0.25) is 0 Å². The summed E-state index contributed by atoms with van der Waals surface area (Å²) in [5.41, 5.74) is 5.57. The molecule has 0 spiro atoms. The molecule has 0 aromatic heterocycles. The third-order valence-corrected chi connectivity index (χ3v) is 2.98. The quantitative estimate of drug-likeness (QED) is 0.713. The summed E-state index contributed by atoms with van der Waals surface area (Å²) in [6.45, 7) is 2.53. The molecule has 1 fully saturated rings. The van der Waals surface area contributed by atoms with Crippen LogP contribution >= 0.6 is 0 Å². The first-order valence-corrected chi connectivity index (χ1v) is 5.58. The van der Waals surface area contributed by atoms with E-state index in [-0.39, 0.29) is 12.7 Å². The molecule has 1 saturated carbocycles. The molecular weight excluding hydrogens is 194 g/mol. The Hall–Kier alpha value is -0.610. The highest BCUT2D eigenvalue weighted by Gasteiger charge is 2.21. The number of hydrogen-bond donors (Lipinski definition) is 1. The van der Waals surface area contributed by atoms with Crippen LogP contribution in [0.4, 0.5) is 0 Å². The normalized spacial score (nSPS) is 28.5. The van der Waals surface area contributed by atoms with Crippen LogP contribution < -0.4 is 5.73 Å². The number of rotatable bonds is 4. The first kappa shape index (κ1) is 12.5. The Balaban J connectivity index is 2.17. The molecule has 0 aromatic carbocycles. The lowest BCUT2D eigenvalue weighted by Crippen LogP contribution is -2.38. The lowest BCUT2D eigenvalue weighted by atomic mass is 9.89. The summed E-state index contributed by atoms with van der Waals surface area (Å²) in [6.07, 6.45) is 4.84. The molecule has 1 aliphatic carbocycles. The maximum absolute atomic E-state index is 11.0. The van der Waals surface area contributed by atoms with E-state index in [0.717, 1.165) is 18.8 Å². The zero-order valence-corrected chi connectivity index (χ0v) is 9.57. The van der Waals surface area contributed by atoms with Crippen LogP contribution in [-0.2, 0) is 14.3 Å². The molecule has 0 aromatic rings. The van der Waals surface area contributed by atoms with Crippen molar-refractivity contribution in [2.45, 2.75) is 44.8 Å². The van der Waals surface area contributed by atoms with E-state index < -0.39 is 12.0 Å². The van der Waals surface area contributed by atoms with Crippen molar-refractivity contribution in [1.29, 1.82) is 0 Å². The minimum atomic E-state index is -0.644. The van der Waals surface area contributed by atoms with Gasteiger partial charge in [-0.1, -0.05) is 6.92 Å². The predicted octanol–water partition coefficient (Wildman–Crippen LogP) is 1.08. The Morgan fingerprint density at radius 1 is 1.40 bits per heavy atom. The maximum atomic E-state index is 11.0. The number of carbonyl (C=O) groups is 1. The highest BCUT2D eigenvalue weighted by Crippen LogP contribution is 2.25. The van der Waals surface area contributed by atoms with Gasteiger partial charge >= 0.3 is 5.97 Å². The van der Waals surface area contributed by atoms with Crippen molar-refractivity contribution in [2.75, 3.05) is 13.7 Å². The van der Waals surface area contributed by atoms with Crippen molar-refractivity contribution in [1.82, 2.24) is 0 Å². The second-order valence-electron chi connectivity index (χ2n) is 4.34. The molecule has 2 N–H and O–H groups in total. The lowest BCUT2D eigenvalue weighted by Gasteiger charge is -2.26. The minimum absolute atomic E-state index is 0.270. The Kier molecular flexibility index (Phi) is 5.05. The van der Waals surface area contributed by atoms with Gasteiger partial charge in [-0.05, 0) is 31.6 Å². The van der Waals surface area contributed by atoms with E-state index in [0.29, 0.717) is 0 Å². The van der Waals surface area contributed by atoms with Crippen molar-refractivity contribution in [3.05, 3.63) is 0 Å². The molecule has 1 aliphatic rings. The zero-order valence-electron chi connectivity index (χ0n) is 9.57. The Bertz CT molecular complexity index is 200. The molecule has 1 rings (SSSR count). The number of carbonyl (C=O) groups excluding carboxylic acids is 1. The smallest absolute Gasteiger partial charge is 0.325 e. The lowest BCUT2D eigenvalue weighted by molar-refractivity contribution is -0.144. The molecule has 1 unspecified atom stereocenters. The first-order valence-electron chi connectivity index (χ1n) is 5.58. The molecule has 1 atom stereocenters. The van der Waals surface area contributed by atoms with E-state index in [1.54, 1.807) is 0 Å². The summed E-state index contributed by atoms with van der Waals surface area (Å²) < 4.78 is 10.1. The molecule has 0 saturated heterocycles. The van der Waals surface area contributed by atoms with Crippen molar-refractivity contribution >= 4 is 5.97 Å². The van der Waals surface area contributed by atoms with Gasteiger partial charge in [-0.15, -0.1) is 0 Å². The molecule has 0 bridgehead atoms. The number of methoxy groups -OCH3 is 1. The van der Waals surface area contributed by atoms with E-state index in [2.05, 4.69) is 11.7 Å². The largest absolute Gasteiger partial charge is 0.468 e. The van der Waals surface area contributed by atoms with Gasteiger partial charge < -0.3 is 15.2 Å². The van der Waals surface area contributed by atoms with Gasteiger partial charge in [0.05, 0.1) is 19.8 Å². The highest BCUT2D eigenvalue weighted by atomic mass is 16.5. The third-order valence-electron chi connectivity index (χ3n) is 2.98. The average molecular weight is 215 g/mol. The summed E-state index contributed by atoms with van der Waals surface area (Å²) in [4.78, 5) is 11.0.